The molecule has 1 aliphatic rings. The van der Waals surface area contributed by atoms with Gasteiger partial charge in [-0.1, -0.05) is 30.3 Å². The summed E-state index contributed by atoms with van der Waals surface area (Å²) in [6.45, 7) is 9.30. The van der Waals surface area contributed by atoms with Crippen molar-refractivity contribution in [2.75, 3.05) is 31.1 Å². The van der Waals surface area contributed by atoms with Crippen LogP contribution in [0.4, 0.5) is 5.69 Å². The molecule has 5 nitrogen and oxygen atoms in total. The molecule has 6 heteroatoms. The van der Waals surface area contributed by atoms with Gasteiger partial charge in [0.05, 0.1) is 22.8 Å². The lowest BCUT2D eigenvalue weighted by molar-refractivity contribution is 0.247. The van der Waals surface area contributed by atoms with Crippen molar-refractivity contribution in [3.05, 3.63) is 52.8 Å². The summed E-state index contributed by atoms with van der Waals surface area (Å²) in [5.74, 6) is 0. The van der Waals surface area contributed by atoms with Gasteiger partial charge < -0.3 is 4.90 Å². The van der Waals surface area contributed by atoms with Crippen LogP contribution in [0.15, 0.2) is 35.7 Å². The maximum atomic E-state index is 4.82. The number of aromatic nitrogens is 3. The molecule has 0 radical (unpaired) electrons. The Morgan fingerprint density at radius 3 is 2.52 bits per heavy atom. The molecular weight excluding hydrogens is 330 g/mol. The molecule has 0 aliphatic carbocycles. The number of benzene rings is 1. The third-order valence-electron chi connectivity index (χ3n) is 4.74. The summed E-state index contributed by atoms with van der Waals surface area (Å²) in [7, 11) is 0. The van der Waals surface area contributed by atoms with Gasteiger partial charge >= 0.3 is 0 Å². The summed E-state index contributed by atoms with van der Waals surface area (Å²) < 4.78 is 0. The van der Waals surface area contributed by atoms with Crippen molar-refractivity contribution < 1.29 is 0 Å². The molecule has 0 unspecified atom stereocenters. The Morgan fingerprint density at radius 2 is 1.84 bits per heavy atom. The van der Waals surface area contributed by atoms with Crippen LogP contribution >= 0.6 is 11.3 Å². The van der Waals surface area contributed by atoms with Crippen LogP contribution in [-0.2, 0) is 6.54 Å². The lowest BCUT2D eigenvalue weighted by atomic mass is 10.2. The highest BCUT2D eigenvalue weighted by atomic mass is 32.1. The number of nitrogens with zero attached hydrogens (tertiary/aromatic N) is 4. The van der Waals surface area contributed by atoms with E-state index in [0.29, 0.717) is 0 Å². The van der Waals surface area contributed by atoms with Crippen molar-refractivity contribution in [2.45, 2.75) is 20.4 Å². The summed E-state index contributed by atoms with van der Waals surface area (Å²) in [6, 6.07) is 10.4. The Bertz CT molecular complexity index is 811. The summed E-state index contributed by atoms with van der Waals surface area (Å²) in [6.07, 6.45) is 0. The van der Waals surface area contributed by atoms with E-state index in [1.807, 2.05) is 6.07 Å². The monoisotopic (exact) mass is 353 g/mol. The number of H-pyrrole nitrogens is 1. The van der Waals surface area contributed by atoms with Crippen molar-refractivity contribution in [3.8, 4) is 10.6 Å². The molecule has 1 saturated heterocycles. The van der Waals surface area contributed by atoms with E-state index < -0.39 is 0 Å². The normalized spacial score (nSPS) is 15.7. The molecule has 0 amide bonds. The minimum absolute atomic E-state index is 0.931. The number of thiazole rings is 1. The first-order valence-electron chi connectivity index (χ1n) is 8.69. The lowest BCUT2D eigenvalue weighted by Crippen LogP contribution is -2.46. The van der Waals surface area contributed by atoms with Gasteiger partial charge in [-0.3, -0.25) is 10.00 Å². The van der Waals surface area contributed by atoms with Gasteiger partial charge in [-0.2, -0.15) is 5.10 Å². The van der Waals surface area contributed by atoms with E-state index in [9.17, 15) is 0 Å². The van der Waals surface area contributed by atoms with Crippen LogP contribution in [0.3, 0.4) is 0 Å². The fourth-order valence-electron chi connectivity index (χ4n) is 3.46. The number of aromatic amines is 1. The second kappa shape index (κ2) is 6.98. The van der Waals surface area contributed by atoms with Crippen molar-refractivity contribution in [1.29, 1.82) is 0 Å². The molecule has 0 atom stereocenters. The number of anilines is 1. The maximum absolute atomic E-state index is 4.82. The first-order chi connectivity index (χ1) is 12.2. The fourth-order valence-corrected chi connectivity index (χ4v) is 4.28. The van der Waals surface area contributed by atoms with Gasteiger partial charge in [-0.25, -0.2) is 4.98 Å². The minimum atomic E-state index is 0.931. The van der Waals surface area contributed by atoms with Crippen molar-refractivity contribution in [1.82, 2.24) is 20.1 Å². The topological polar surface area (TPSA) is 48.1 Å². The Labute approximate surface area is 152 Å². The van der Waals surface area contributed by atoms with Gasteiger partial charge in [0, 0.05) is 43.7 Å². The molecule has 25 heavy (non-hydrogen) atoms. The first kappa shape index (κ1) is 16.3. The van der Waals surface area contributed by atoms with Gasteiger partial charge in [-0.15, -0.1) is 11.3 Å². The molecule has 2 aromatic heterocycles. The standard InChI is InChI=1S/C19H23N5S/c1-14-18(15(2)22-21-14)24-10-8-23(9-11-24)12-17-13-25-19(20-17)16-6-4-3-5-7-16/h3-7,13H,8-12H2,1-2H3,(H,21,22). The predicted octanol–water partition coefficient (Wildman–Crippen LogP) is 3.47. The number of hydrogen-bond acceptors (Lipinski definition) is 5. The molecule has 3 heterocycles. The van der Waals surface area contributed by atoms with Crippen LogP contribution in [0.5, 0.6) is 0 Å². The number of nitrogens with one attached hydrogen (secondary N) is 1. The van der Waals surface area contributed by atoms with Crippen LogP contribution in [0, 0.1) is 13.8 Å². The first-order valence-corrected chi connectivity index (χ1v) is 9.57. The van der Waals surface area contributed by atoms with Crippen LogP contribution in [0.2, 0.25) is 0 Å². The molecule has 4 rings (SSSR count). The molecule has 1 aliphatic heterocycles. The zero-order valence-corrected chi connectivity index (χ0v) is 15.5. The Hall–Kier alpha value is -2.18. The highest BCUT2D eigenvalue weighted by Crippen LogP contribution is 2.26. The fraction of sp³-hybridized carbons (Fsp3) is 0.368. The number of piperazine rings is 1. The molecule has 0 spiro atoms. The molecule has 1 aromatic carbocycles. The van der Waals surface area contributed by atoms with E-state index in [2.05, 4.69) is 63.5 Å². The highest BCUT2D eigenvalue weighted by molar-refractivity contribution is 7.13. The third-order valence-corrected chi connectivity index (χ3v) is 5.68. The van der Waals surface area contributed by atoms with Gasteiger partial charge in [0.15, 0.2) is 0 Å². The maximum Gasteiger partial charge on any atom is 0.123 e. The van der Waals surface area contributed by atoms with Gasteiger partial charge in [-0.05, 0) is 13.8 Å². The quantitative estimate of drug-likeness (QED) is 0.780. The minimum Gasteiger partial charge on any atom is -0.366 e. The second-order valence-corrected chi connectivity index (χ2v) is 7.41. The van der Waals surface area contributed by atoms with E-state index in [-0.39, 0.29) is 0 Å². The average molecular weight is 353 g/mol. The predicted molar refractivity (Wildman–Crippen MR) is 103 cm³/mol. The summed E-state index contributed by atoms with van der Waals surface area (Å²) in [5, 5.41) is 10.7. The Kier molecular flexibility index (Phi) is 4.55. The van der Waals surface area contributed by atoms with Gasteiger partial charge in [0.25, 0.3) is 0 Å². The molecular formula is C19H23N5S. The Balaban J connectivity index is 1.37. The lowest BCUT2D eigenvalue weighted by Gasteiger charge is -2.35. The highest BCUT2D eigenvalue weighted by Gasteiger charge is 2.21. The molecule has 1 N–H and O–H groups in total. The van der Waals surface area contributed by atoms with Crippen molar-refractivity contribution in [3.63, 3.8) is 0 Å². The SMILES string of the molecule is Cc1n[nH]c(C)c1N1CCN(Cc2csc(-c3ccccc3)n2)CC1. The van der Waals surface area contributed by atoms with E-state index >= 15 is 0 Å². The molecule has 130 valence electrons. The van der Waals surface area contributed by atoms with Gasteiger partial charge in [0.2, 0.25) is 0 Å². The smallest absolute Gasteiger partial charge is 0.123 e. The van der Waals surface area contributed by atoms with E-state index in [0.717, 1.165) is 49.1 Å². The molecule has 0 saturated carbocycles. The Morgan fingerprint density at radius 1 is 1.08 bits per heavy atom. The number of rotatable bonds is 4. The van der Waals surface area contributed by atoms with Crippen LogP contribution in [-0.4, -0.2) is 46.3 Å². The number of aryl methyl sites for hydroxylation is 2. The molecule has 1 fully saturated rings. The van der Waals surface area contributed by atoms with Crippen molar-refractivity contribution >= 4 is 17.0 Å². The molecule has 3 aromatic rings. The zero-order valence-electron chi connectivity index (χ0n) is 14.7. The van der Waals surface area contributed by atoms with E-state index in [1.165, 1.54) is 16.9 Å². The van der Waals surface area contributed by atoms with Crippen LogP contribution in [0.25, 0.3) is 10.6 Å². The molecule has 0 bridgehead atoms. The largest absolute Gasteiger partial charge is 0.366 e. The zero-order chi connectivity index (χ0) is 17.2. The second-order valence-electron chi connectivity index (χ2n) is 6.56. The van der Waals surface area contributed by atoms with E-state index in [4.69, 9.17) is 4.98 Å². The summed E-state index contributed by atoms with van der Waals surface area (Å²) >= 11 is 1.73. The van der Waals surface area contributed by atoms with E-state index in [1.54, 1.807) is 11.3 Å². The third kappa shape index (κ3) is 3.45. The average Bonchev–Trinajstić information content (AvgIpc) is 3.23. The van der Waals surface area contributed by atoms with Crippen molar-refractivity contribution in [2.24, 2.45) is 0 Å². The number of hydrogen-bond donors (Lipinski definition) is 1. The summed E-state index contributed by atoms with van der Waals surface area (Å²) in [4.78, 5) is 9.76. The van der Waals surface area contributed by atoms with Gasteiger partial charge in [0.1, 0.15) is 5.01 Å². The van der Waals surface area contributed by atoms with Crippen LogP contribution in [0.1, 0.15) is 17.1 Å². The summed E-state index contributed by atoms with van der Waals surface area (Å²) in [5.41, 5.74) is 5.91. The van der Waals surface area contributed by atoms with Crippen LogP contribution < -0.4 is 4.90 Å².